The van der Waals surface area contributed by atoms with Crippen LogP contribution >= 0.6 is 0 Å². The molecule has 1 amide bonds. The van der Waals surface area contributed by atoms with Crippen molar-refractivity contribution in [3.63, 3.8) is 0 Å². The predicted molar refractivity (Wildman–Crippen MR) is 91.2 cm³/mol. The molecule has 128 valence electrons. The van der Waals surface area contributed by atoms with Gasteiger partial charge in [0, 0.05) is 23.9 Å². The van der Waals surface area contributed by atoms with Crippen LogP contribution in [0.1, 0.15) is 47.8 Å². The zero-order chi connectivity index (χ0) is 17.4. The highest BCUT2D eigenvalue weighted by atomic mass is 16.5. The zero-order valence-corrected chi connectivity index (χ0v) is 13.8. The summed E-state index contributed by atoms with van der Waals surface area (Å²) in [5.74, 6) is 0.675. The minimum atomic E-state index is -0.640. The van der Waals surface area contributed by atoms with Gasteiger partial charge >= 0.3 is 0 Å². The van der Waals surface area contributed by atoms with Crippen molar-refractivity contribution in [2.24, 2.45) is 0 Å². The number of pyridine rings is 1. The summed E-state index contributed by atoms with van der Waals surface area (Å²) in [7, 11) is 0. The summed E-state index contributed by atoms with van der Waals surface area (Å²) in [5.41, 5.74) is 0.0417. The van der Waals surface area contributed by atoms with Gasteiger partial charge in [-0.15, -0.1) is 0 Å². The van der Waals surface area contributed by atoms with E-state index in [1.54, 1.807) is 13.0 Å². The largest absolute Gasteiger partial charge is 0.340 e. The van der Waals surface area contributed by atoms with Crippen molar-refractivity contribution in [2.75, 3.05) is 0 Å². The van der Waals surface area contributed by atoms with Gasteiger partial charge in [-0.25, -0.2) is 0 Å². The second-order valence-corrected chi connectivity index (χ2v) is 6.47. The number of amides is 1. The van der Waals surface area contributed by atoms with Crippen LogP contribution in [0.25, 0.3) is 10.9 Å². The maximum absolute atomic E-state index is 13.0. The summed E-state index contributed by atoms with van der Waals surface area (Å²) in [6.07, 6.45) is 3.45. The number of hydrogen-bond donors (Lipinski definition) is 2. The van der Waals surface area contributed by atoms with Crippen LogP contribution in [0.2, 0.25) is 0 Å². The number of rotatable bonds is 3. The lowest BCUT2D eigenvalue weighted by Crippen LogP contribution is -2.45. The average molecular weight is 338 g/mol. The molecule has 1 aromatic carbocycles. The molecule has 3 aromatic rings. The van der Waals surface area contributed by atoms with E-state index in [4.69, 9.17) is 4.52 Å². The normalized spacial score (nSPS) is 16.2. The lowest BCUT2D eigenvalue weighted by molar-refractivity contribution is 0.0893. The van der Waals surface area contributed by atoms with Crippen LogP contribution in [0.15, 0.2) is 39.6 Å². The number of carbonyl (C=O) groups excluding carboxylic acids is 1. The van der Waals surface area contributed by atoms with E-state index in [2.05, 4.69) is 20.4 Å². The van der Waals surface area contributed by atoms with Gasteiger partial charge in [0.25, 0.3) is 5.91 Å². The number of H-pyrrole nitrogens is 1. The Kier molecular flexibility index (Phi) is 3.63. The van der Waals surface area contributed by atoms with Crippen LogP contribution in [0.5, 0.6) is 0 Å². The van der Waals surface area contributed by atoms with Crippen LogP contribution in [-0.4, -0.2) is 21.0 Å². The van der Waals surface area contributed by atoms with Gasteiger partial charge < -0.3 is 14.8 Å². The number of aryl methyl sites for hydroxylation is 1. The predicted octanol–water partition coefficient (Wildman–Crippen LogP) is 2.42. The molecule has 1 aliphatic rings. The van der Waals surface area contributed by atoms with Gasteiger partial charge in [-0.1, -0.05) is 36.2 Å². The number of hydrogen-bond acceptors (Lipinski definition) is 5. The van der Waals surface area contributed by atoms with Gasteiger partial charge in [-0.3, -0.25) is 9.59 Å². The zero-order valence-electron chi connectivity index (χ0n) is 13.8. The maximum atomic E-state index is 13.0. The van der Waals surface area contributed by atoms with Crippen molar-refractivity contribution in [3.05, 3.63) is 58.0 Å². The fourth-order valence-electron chi connectivity index (χ4n) is 3.55. The third-order valence-electron chi connectivity index (χ3n) is 4.76. The number of fused-ring (bicyclic) bond motifs is 1. The Morgan fingerprint density at radius 2 is 2.04 bits per heavy atom. The monoisotopic (exact) mass is 338 g/mol. The highest BCUT2D eigenvalue weighted by molar-refractivity contribution is 6.06. The molecule has 2 N–H and O–H groups in total. The molecule has 1 aliphatic carbocycles. The fourth-order valence-corrected chi connectivity index (χ4v) is 3.55. The molecule has 0 atom stereocenters. The molecule has 7 heteroatoms. The molecule has 2 heterocycles. The number of aromatic amines is 1. The van der Waals surface area contributed by atoms with Crippen LogP contribution in [0, 0.1) is 6.92 Å². The Balaban J connectivity index is 1.75. The number of benzene rings is 1. The van der Waals surface area contributed by atoms with Crippen LogP contribution in [0.4, 0.5) is 0 Å². The molecular formula is C18H18N4O3. The van der Waals surface area contributed by atoms with Crippen LogP contribution in [-0.2, 0) is 5.54 Å². The van der Waals surface area contributed by atoms with Gasteiger partial charge in [-0.2, -0.15) is 4.98 Å². The van der Waals surface area contributed by atoms with Crippen molar-refractivity contribution >= 4 is 16.8 Å². The van der Waals surface area contributed by atoms with Crippen molar-refractivity contribution in [1.82, 2.24) is 20.4 Å². The molecule has 1 fully saturated rings. The van der Waals surface area contributed by atoms with Crippen molar-refractivity contribution in [2.45, 2.75) is 38.1 Å². The Hall–Kier alpha value is -2.96. The smallest absolute Gasteiger partial charge is 0.252 e. The second kappa shape index (κ2) is 5.84. The molecule has 0 radical (unpaired) electrons. The van der Waals surface area contributed by atoms with E-state index >= 15 is 0 Å². The first-order chi connectivity index (χ1) is 12.1. The summed E-state index contributed by atoms with van der Waals surface area (Å²) in [6.45, 7) is 1.73. The second-order valence-electron chi connectivity index (χ2n) is 6.47. The Morgan fingerprint density at radius 3 is 2.76 bits per heavy atom. The number of nitrogens with zero attached hydrogens (tertiary/aromatic N) is 2. The van der Waals surface area contributed by atoms with Crippen LogP contribution in [0.3, 0.4) is 0 Å². The quantitative estimate of drug-likeness (QED) is 0.764. The molecule has 7 nitrogen and oxygen atoms in total. The van der Waals surface area contributed by atoms with Crippen molar-refractivity contribution < 1.29 is 9.32 Å². The maximum Gasteiger partial charge on any atom is 0.252 e. The molecule has 25 heavy (non-hydrogen) atoms. The van der Waals surface area contributed by atoms with E-state index < -0.39 is 5.54 Å². The summed E-state index contributed by atoms with van der Waals surface area (Å²) in [4.78, 5) is 32.0. The number of nitrogens with one attached hydrogen (secondary N) is 2. The van der Waals surface area contributed by atoms with E-state index in [0.717, 1.165) is 25.7 Å². The molecule has 4 rings (SSSR count). The molecule has 0 unspecified atom stereocenters. The lowest BCUT2D eigenvalue weighted by Gasteiger charge is -2.27. The molecule has 0 bridgehead atoms. The Bertz CT molecular complexity index is 999. The minimum absolute atomic E-state index is 0.299. The minimum Gasteiger partial charge on any atom is -0.340 e. The third-order valence-corrected chi connectivity index (χ3v) is 4.76. The van der Waals surface area contributed by atoms with Gasteiger partial charge in [0.1, 0.15) is 5.54 Å². The first-order valence-corrected chi connectivity index (χ1v) is 8.33. The highest BCUT2D eigenvalue weighted by Crippen LogP contribution is 2.37. The summed E-state index contributed by atoms with van der Waals surface area (Å²) >= 11 is 0. The summed E-state index contributed by atoms with van der Waals surface area (Å²) in [6, 6.07) is 8.59. The molecule has 0 saturated heterocycles. The molecule has 1 saturated carbocycles. The molecule has 0 spiro atoms. The van der Waals surface area contributed by atoms with Crippen molar-refractivity contribution in [1.29, 1.82) is 0 Å². The fraction of sp³-hybridized carbons (Fsp3) is 0.333. The summed E-state index contributed by atoms with van der Waals surface area (Å²) in [5, 5.41) is 7.81. The topological polar surface area (TPSA) is 101 Å². The van der Waals surface area contributed by atoms with Crippen molar-refractivity contribution in [3.8, 4) is 0 Å². The molecule has 0 aliphatic heterocycles. The lowest BCUT2D eigenvalue weighted by atomic mass is 9.95. The third kappa shape index (κ3) is 2.71. The number of aromatic nitrogens is 3. The molecule has 2 aromatic heterocycles. The first-order valence-electron chi connectivity index (χ1n) is 8.33. The van der Waals surface area contributed by atoms with E-state index in [1.165, 1.54) is 6.07 Å². The van der Waals surface area contributed by atoms with Gasteiger partial charge in [0.15, 0.2) is 5.82 Å². The Morgan fingerprint density at radius 1 is 1.28 bits per heavy atom. The number of carbonyl (C=O) groups is 1. The van der Waals surface area contributed by atoms with E-state index in [1.807, 2.05) is 18.2 Å². The van der Waals surface area contributed by atoms with E-state index in [0.29, 0.717) is 28.2 Å². The molecular weight excluding hydrogens is 320 g/mol. The highest BCUT2D eigenvalue weighted by Gasteiger charge is 2.41. The van der Waals surface area contributed by atoms with E-state index in [-0.39, 0.29) is 11.5 Å². The van der Waals surface area contributed by atoms with Gasteiger partial charge in [0.2, 0.25) is 11.4 Å². The Labute approximate surface area is 143 Å². The SMILES string of the molecule is Cc1nc(C2(NC(=O)c3cc(=O)[nH]c4ccccc34)CCCC2)no1. The average Bonchev–Trinajstić information content (AvgIpc) is 3.24. The first kappa shape index (κ1) is 15.6. The van der Waals surface area contributed by atoms with Crippen LogP contribution < -0.4 is 10.9 Å². The van der Waals surface area contributed by atoms with Gasteiger partial charge in [-0.05, 0) is 18.9 Å². The summed E-state index contributed by atoms with van der Waals surface area (Å²) < 4.78 is 5.11. The standard InChI is InChI=1S/C18H18N4O3/c1-11-19-17(22-25-11)18(8-4-5-9-18)21-16(24)13-10-15(23)20-14-7-3-2-6-12(13)14/h2-3,6-7,10H,4-5,8-9H2,1H3,(H,20,23)(H,21,24). The van der Waals surface area contributed by atoms with E-state index in [9.17, 15) is 9.59 Å². The number of para-hydroxylation sites is 1. The van der Waals surface area contributed by atoms with Gasteiger partial charge in [0.05, 0.1) is 5.56 Å².